The highest BCUT2D eigenvalue weighted by Crippen LogP contribution is 2.31. The van der Waals surface area contributed by atoms with Crippen LogP contribution in [0.2, 0.25) is 0 Å². The molecule has 1 aromatic carbocycles. The first kappa shape index (κ1) is 18.4. The monoisotopic (exact) mass is 347 g/mol. The topological polar surface area (TPSA) is 98.0 Å². The van der Waals surface area contributed by atoms with Crippen LogP contribution in [0.15, 0.2) is 41.0 Å². The van der Waals surface area contributed by atoms with E-state index in [9.17, 15) is 9.59 Å². The van der Waals surface area contributed by atoms with Crippen molar-refractivity contribution in [2.75, 3.05) is 14.2 Å². The summed E-state index contributed by atoms with van der Waals surface area (Å²) in [5.41, 5.74) is 0.631. The first-order chi connectivity index (χ1) is 12.0. The molecule has 1 unspecified atom stereocenters. The molecule has 1 amide bonds. The first-order valence-electron chi connectivity index (χ1n) is 7.79. The number of rotatable bonds is 9. The maximum absolute atomic E-state index is 12.2. The lowest BCUT2D eigenvalue weighted by Crippen LogP contribution is -2.30. The van der Waals surface area contributed by atoms with Crippen molar-refractivity contribution in [1.29, 1.82) is 0 Å². The summed E-state index contributed by atoms with van der Waals surface area (Å²) in [7, 11) is 3.01. The molecule has 134 valence electrons. The zero-order valence-corrected chi connectivity index (χ0v) is 14.2. The fraction of sp³-hybridized carbons (Fsp3) is 0.333. The van der Waals surface area contributed by atoms with Crippen LogP contribution in [0.4, 0.5) is 0 Å². The predicted octanol–water partition coefficient (Wildman–Crippen LogP) is 2.56. The zero-order chi connectivity index (χ0) is 18.2. The number of carboxylic acids is 1. The van der Waals surface area contributed by atoms with E-state index < -0.39 is 12.0 Å². The highest BCUT2D eigenvalue weighted by Gasteiger charge is 2.20. The highest BCUT2D eigenvalue weighted by molar-refractivity contribution is 5.78. The molecular weight excluding hydrogens is 326 g/mol. The maximum atomic E-state index is 12.2. The summed E-state index contributed by atoms with van der Waals surface area (Å²) in [5.74, 6) is 0.448. The summed E-state index contributed by atoms with van der Waals surface area (Å²) in [6.45, 7) is 0. The third-order valence-corrected chi connectivity index (χ3v) is 3.70. The van der Waals surface area contributed by atoms with E-state index in [1.54, 1.807) is 36.6 Å². The fourth-order valence-corrected chi connectivity index (χ4v) is 2.45. The van der Waals surface area contributed by atoms with Crippen LogP contribution in [0.3, 0.4) is 0 Å². The molecule has 7 nitrogen and oxygen atoms in total. The predicted molar refractivity (Wildman–Crippen MR) is 89.7 cm³/mol. The number of aliphatic carboxylic acids is 1. The summed E-state index contributed by atoms with van der Waals surface area (Å²) in [5, 5.41) is 11.9. The molecule has 2 aromatic rings. The van der Waals surface area contributed by atoms with Gasteiger partial charge in [0.15, 0.2) is 11.5 Å². The quantitative estimate of drug-likeness (QED) is 0.723. The fourth-order valence-electron chi connectivity index (χ4n) is 2.45. The van der Waals surface area contributed by atoms with Gasteiger partial charge in [-0.2, -0.15) is 0 Å². The smallest absolute Gasteiger partial charge is 0.305 e. The van der Waals surface area contributed by atoms with Gasteiger partial charge in [0.25, 0.3) is 0 Å². The number of carbonyl (C=O) groups excluding carboxylic acids is 1. The summed E-state index contributed by atoms with van der Waals surface area (Å²) < 4.78 is 15.6. The van der Waals surface area contributed by atoms with Crippen LogP contribution in [-0.4, -0.2) is 31.2 Å². The number of aryl methyl sites for hydroxylation is 1. The largest absolute Gasteiger partial charge is 0.493 e. The van der Waals surface area contributed by atoms with Crippen LogP contribution < -0.4 is 14.8 Å². The number of hydrogen-bond acceptors (Lipinski definition) is 5. The van der Waals surface area contributed by atoms with Crippen LogP contribution in [-0.2, 0) is 16.0 Å². The zero-order valence-electron chi connectivity index (χ0n) is 14.2. The first-order valence-corrected chi connectivity index (χ1v) is 7.79. The Bertz CT molecular complexity index is 710. The van der Waals surface area contributed by atoms with Crippen molar-refractivity contribution in [1.82, 2.24) is 5.32 Å². The van der Waals surface area contributed by atoms with Crippen molar-refractivity contribution >= 4 is 11.9 Å². The normalized spacial score (nSPS) is 11.6. The van der Waals surface area contributed by atoms with Gasteiger partial charge in [-0.05, 0) is 29.8 Å². The number of nitrogens with one attached hydrogen (secondary N) is 1. The minimum atomic E-state index is -1.01. The van der Waals surface area contributed by atoms with E-state index in [-0.39, 0.29) is 18.7 Å². The number of carbonyl (C=O) groups is 2. The van der Waals surface area contributed by atoms with Gasteiger partial charge in [0.05, 0.1) is 32.9 Å². The molecule has 0 saturated carbocycles. The third-order valence-electron chi connectivity index (χ3n) is 3.70. The van der Waals surface area contributed by atoms with Crippen LogP contribution in [0.5, 0.6) is 11.5 Å². The third kappa shape index (κ3) is 5.27. The van der Waals surface area contributed by atoms with Crippen LogP contribution in [0, 0.1) is 0 Å². The Morgan fingerprint density at radius 3 is 2.56 bits per heavy atom. The lowest BCUT2D eigenvalue weighted by Gasteiger charge is -2.19. The van der Waals surface area contributed by atoms with E-state index >= 15 is 0 Å². The van der Waals surface area contributed by atoms with Gasteiger partial charge >= 0.3 is 5.97 Å². The summed E-state index contributed by atoms with van der Waals surface area (Å²) >= 11 is 0. The van der Waals surface area contributed by atoms with Crippen molar-refractivity contribution in [3.63, 3.8) is 0 Å². The lowest BCUT2D eigenvalue weighted by molar-refractivity contribution is -0.137. The van der Waals surface area contributed by atoms with Crippen LogP contribution in [0.25, 0.3) is 0 Å². The van der Waals surface area contributed by atoms with E-state index in [4.69, 9.17) is 19.0 Å². The number of ether oxygens (including phenoxy) is 2. The Morgan fingerprint density at radius 1 is 1.20 bits per heavy atom. The molecule has 0 fully saturated rings. The van der Waals surface area contributed by atoms with E-state index in [1.165, 1.54) is 14.2 Å². The van der Waals surface area contributed by atoms with Gasteiger partial charge in [-0.1, -0.05) is 6.07 Å². The molecule has 0 aliphatic rings. The molecule has 2 rings (SSSR count). The van der Waals surface area contributed by atoms with E-state index in [0.29, 0.717) is 29.2 Å². The second-order valence-electron chi connectivity index (χ2n) is 5.41. The number of methoxy groups -OCH3 is 2. The van der Waals surface area contributed by atoms with Crippen molar-refractivity contribution in [2.24, 2.45) is 0 Å². The molecule has 1 aromatic heterocycles. The number of benzene rings is 1. The lowest BCUT2D eigenvalue weighted by atomic mass is 10.0. The molecule has 0 aliphatic heterocycles. The molecule has 2 N–H and O–H groups in total. The molecule has 0 spiro atoms. The van der Waals surface area contributed by atoms with E-state index in [1.807, 2.05) is 0 Å². The molecule has 0 bridgehead atoms. The Morgan fingerprint density at radius 2 is 1.96 bits per heavy atom. The number of furan rings is 1. The van der Waals surface area contributed by atoms with Crippen molar-refractivity contribution < 1.29 is 28.6 Å². The molecule has 1 atom stereocenters. The summed E-state index contributed by atoms with van der Waals surface area (Å²) in [6, 6.07) is 7.93. The molecule has 25 heavy (non-hydrogen) atoms. The van der Waals surface area contributed by atoms with E-state index in [0.717, 1.165) is 0 Å². The molecular formula is C18H21NO6. The summed E-state index contributed by atoms with van der Waals surface area (Å²) in [4.78, 5) is 23.3. The Labute approximate surface area is 145 Å². The Kier molecular flexibility index (Phi) is 6.45. The van der Waals surface area contributed by atoms with Gasteiger partial charge in [0.2, 0.25) is 5.91 Å². The van der Waals surface area contributed by atoms with Crippen LogP contribution >= 0.6 is 0 Å². The minimum absolute atomic E-state index is 0.205. The highest BCUT2D eigenvalue weighted by atomic mass is 16.5. The van der Waals surface area contributed by atoms with Gasteiger partial charge in [0, 0.05) is 12.8 Å². The van der Waals surface area contributed by atoms with E-state index in [2.05, 4.69) is 5.32 Å². The van der Waals surface area contributed by atoms with Crippen LogP contribution in [0.1, 0.15) is 30.2 Å². The number of carboxylic acid groups (broad SMARTS) is 1. The average molecular weight is 347 g/mol. The van der Waals surface area contributed by atoms with Gasteiger partial charge in [-0.3, -0.25) is 9.59 Å². The van der Waals surface area contributed by atoms with Gasteiger partial charge in [-0.25, -0.2) is 0 Å². The SMILES string of the molecule is COc1ccc(C(CC(=O)O)NC(=O)CCc2ccco2)cc1OC. The number of hydrogen-bond donors (Lipinski definition) is 2. The average Bonchev–Trinajstić information content (AvgIpc) is 3.12. The summed E-state index contributed by atoms with van der Waals surface area (Å²) in [6.07, 6.45) is 1.97. The van der Waals surface area contributed by atoms with Crippen molar-refractivity contribution in [2.45, 2.75) is 25.3 Å². The molecule has 0 saturated heterocycles. The van der Waals surface area contributed by atoms with Crippen molar-refractivity contribution in [3.8, 4) is 11.5 Å². The Balaban J connectivity index is 2.09. The molecule has 7 heteroatoms. The second kappa shape index (κ2) is 8.77. The standard InChI is InChI=1S/C18H21NO6/c1-23-15-7-5-12(10-16(15)24-2)14(11-18(21)22)19-17(20)8-6-13-4-3-9-25-13/h3-5,7,9-10,14H,6,8,11H2,1-2H3,(H,19,20)(H,21,22). The van der Waals surface area contributed by atoms with Gasteiger partial charge in [0.1, 0.15) is 5.76 Å². The van der Waals surface area contributed by atoms with Gasteiger partial charge in [-0.15, -0.1) is 0 Å². The Hall–Kier alpha value is -2.96. The second-order valence-corrected chi connectivity index (χ2v) is 5.41. The molecule has 0 aliphatic carbocycles. The molecule has 0 radical (unpaired) electrons. The number of amides is 1. The van der Waals surface area contributed by atoms with Crippen molar-refractivity contribution in [3.05, 3.63) is 47.9 Å². The molecule has 1 heterocycles. The maximum Gasteiger partial charge on any atom is 0.305 e. The van der Waals surface area contributed by atoms with Gasteiger partial charge < -0.3 is 24.3 Å². The minimum Gasteiger partial charge on any atom is -0.493 e.